The number of hydrogen-bond acceptors (Lipinski definition) is 3. The second kappa shape index (κ2) is 6.49. The highest BCUT2D eigenvalue weighted by molar-refractivity contribution is 5.82. The Morgan fingerprint density at radius 1 is 1.30 bits per heavy atom. The Morgan fingerprint density at radius 3 is 2.65 bits per heavy atom. The van der Waals surface area contributed by atoms with Crippen LogP contribution < -0.4 is 5.32 Å². The molecule has 1 aromatic rings. The summed E-state index contributed by atoms with van der Waals surface area (Å²) in [6.45, 7) is 1.56. The molecule has 1 saturated heterocycles. The first-order valence-corrected chi connectivity index (χ1v) is 7.72. The molecule has 0 radical (unpaired) electrons. The van der Waals surface area contributed by atoms with Gasteiger partial charge >= 0.3 is 12.1 Å². The van der Waals surface area contributed by atoms with Gasteiger partial charge in [0.2, 0.25) is 0 Å². The number of hydrogen-bond donors (Lipinski definition) is 1. The molecule has 2 aliphatic rings. The van der Waals surface area contributed by atoms with Crippen LogP contribution in [0.5, 0.6) is 0 Å². The Bertz CT molecular complexity index is 544. The number of alkyl halides is 3. The molecule has 1 aromatic carbocycles. The lowest BCUT2D eigenvalue weighted by Crippen LogP contribution is -2.51. The summed E-state index contributed by atoms with van der Waals surface area (Å²) >= 11 is 0. The quantitative estimate of drug-likeness (QED) is 0.918. The fourth-order valence-electron chi connectivity index (χ4n) is 3.07. The first-order chi connectivity index (χ1) is 11.0. The highest BCUT2D eigenvalue weighted by Gasteiger charge is 2.52. The summed E-state index contributed by atoms with van der Waals surface area (Å²) in [7, 11) is 0. The molecule has 23 heavy (non-hydrogen) atoms. The summed E-state index contributed by atoms with van der Waals surface area (Å²) in [6, 6.07) is 8.95. The van der Waals surface area contributed by atoms with Crippen LogP contribution in [0.3, 0.4) is 0 Å². The first kappa shape index (κ1) is 16.3. The molecule has 1 heterocycles. The Hall–Kier alpha value is -1.60. The summed E-state index contributed by atoms with van der Waals surface area (Å²) in [5.41, 5.74) is 0.972. The largest absolute Gasteiger partial charge is 0.471 e. The van der Waals surface area contributed by atoms with Gasteiger partial charge in [0.1, 0.15) is 0 Å². The second-order valence-corrected chi connectivity index (χ2v) is 5.97. The average molecular weight is 328 g/mol. The zero-order chi connectivity index (χ0) is 16.4. The van der Waals surface area contributed by atoms with Crippen LogP contribution in [0.4, 0.5) is 13.2 Å². The van der Waals surface area contributed by atoms with Gasteiger partial charge in [-0.3, -0.25) is 4.79 Å². The number of amides is 1. The van der Waals surface area contributed by atoms with Crippen molar-refractivity contribution < 1.29 is 22.7 Å². The molecule has 2 fully saturated rings. The van der Waals surface area contributed by atoms with Crippen molar-refractivity contribution in [3.8, 4) is 0 Å². The minimum atomic E-state index is -4.86. The molecule has 1 saturated carbocycles. The highest BCUT2D eigenvalue weighted by atomic mass is 19.4. The Morgan fingerprint density at radius 2 is 2.04 bits per heavy atom. The van der Waals surface area contributed by atoms with Gasteiger partial charge in [-0.2, -0.15) is 13.2 Å². The van der Waals surface area contributed by atoms with Crippen molar-refractivity contribution in [2.45, 2.75) is 30.7 Å². The van der Waals surface area contributed by atoms with Crippen LogP contribution in [-0.2, 0) is 9.53 Å². The first-order valence-electron chi connectivity index (χ1n) is 7.72. The number of ether oxygens (including phenoxy) is 1. The number of nitrogens with one attached hydrogen (secondary N) is 1. The molecular formula is C16H19F3N2O2. The zero-order valence-corrected chi connectivity index (χ0v) is 12.6. The van der Waals surface area contributed by atoms with Gasteiger partial charge in [0.05, 0.1) is 12.7 Å². The van der Waals surface area contributed by atoms with E-state index in [-0.39, 0.29) is 12.5 Å². The predicted molar refractivity (Wildman–Crippen MR) is 78.0 cm³/mol. The van der Waals surface area contributed by atoms with E-state index in [9.17, 15) is 18.0 Å². The van der Waals surface area contributed by atoms with E-state index in [1.54, 1.807) is 0 Å². The van der Waals surface area contributed by atoms with Gasteiger partial charge in [-0.25, -0.2) is 0 Å². The molecule has 7 heteroatoms. The topological polar surface area (TPSA) is 41.6 Å². The SMILES string of the molecule is O=C(N(CC1CNCCO1)C1CC1c1ccccc1)C(F)(F)F. The fraction of sp³-hybridized carbons (Fsp3) is 0.562. The number of carbonyl (C=O) groups excluding carboxylic acids is 1. The Balaban J connectivity index is 1.72. The second-order valence-electron chi connectivity index (χ2n) is 5.97. The van der Waals surface area contributed by atoms with Crippen LogP contribution in [0.1, 0.15) is 17.9 Å². The molecule has 1 aliphatic heterocycles. The average Bonchev–Trinajstić information content (AvgIpc) is 3.33. The standard InChI is InChI=1S/C16H19F3N2O2/c17-16(18,19)15(22)21(10-12-9-20-6-7-23-12)14-8-13(14)11-4-2-1-3-5-11/h1-5,12-14,20H,6-10H2. The maximum Gasteiger partial charge on any atom is 0.471 e. The third-order valence-electron chi connectivity index (χ3n) is 4.29. The molecule has 0 spiro atoms. The molecule has 1 amide bonds. The van der Waals surface area contributed by atoms with Crippen molar-refractivity contribution >= 4 is 5.91 Å². The Kier molecular flexibility index (Phi) is 4.59. The van der Waals surface area contributed by atoms with Crippen LogP contribution in [-0.4, -0.2) is 55.4 Å². The summed E-state index contributed by atoms with van der Waals surface area (Å²) < 4.78 is 44.2. The lowest BCUT2D eigenvalue weighted by molar-refractivity contribution is -0.188. The van der Waals surface area contributed by atoms with Crippen molar-refractivity contribution in [3.63, 3.8) is 0 Å². The van der Waals surface area contributed by atoms with E-state index in [0.717, 1.165) is 10.5 Å². The van der Waals surface area contributed by atoms with E-state index in [0.29, 0.717) is 26.1 Å². The molecule has 3 unspecified atom stereocenters. The smallest absolute Gasteiger partial charge is 0.374 e. The van der Waals surface area contributed by atoms with Gasteiger partial charge < -0.3 is 15.0 Å². The molecule has 0 bridgehead atoms. The third-order valence-corrected chi connectivity index (χ3v) is 4.29. The Labute approximate surface area is 132 Å². The van der Waals surface area contributed by atoms with Crippen molar-refractivity contribution in [2.75, 3.05) is 26.2 Å². The lowest BCUT2D eigenvalue weighted by Gasteiger charge is -2.31. The summed E-state index contributed by atoms with van der Waals surface area (Å²) in [5, 5.41) is 3.08. The minimum absolute atomic E-state index is 0.0284. The third kappa shape index (κ3) is 3.84. The van der Waals surface area contributed by atoms with Crippen molar-refractivity contribution in [1.82, 2.24) is 10.2 Å². The van der Waals surface area contributed by atoms with Gasteiger partial charge in [0, 0.05) is 31.6 Å². The molecular weight excluding hydrogens is 309 g/mol. The van der Waals surface area contributed by atoms with Crippen LogP contribution in [0.15, 0.2) is 30.3 Å². The molecule has 0 aromatic heterocycles. The van der Waals surface area contributed by atoms with E-state index < -0.39 is 24.2 Å². The van der Waals surface area contributed by atoms with Gasteiger partial charge in [-0.1, -0.05) is 30.3 Å². The van der Waals surface area contributed by atoms with E-state index >= 15 is 0 Å². The zero-order valence-electron chi connectivity index (χ0n) is 12.6. The molecule has 126 valence electrons. The normalized spacial score (nSPS) is 27.5. The minimum Gasteiger partial charge on any atom is -0.374 e. The number of benzene rings is 1. The van der Waals surface area contributed by atoms with Gasteiger partial charge in [0.15, 0.2) is 0 Å². The summed E-state index contributed by atoms with van der Waals surface area (Å²) in [4.78, 5) is 12.8. The summed E-state index contributed by atoms with van der Waals surface area (Å²) in [6.07, 6.45) is -4.69. The monoisotopic (exact) mass is 328 g/mol. The number of nitrogens with zero attached hydrogens (tertiary/aromatic N) is 1. The van der Waals surface area contributed by atoms with Crippen molar-refractivity contribution in [2.24, 2.45) is 0 Å². The molecule has 1 N–H and O–H groups in total. The van der Waals surface area contributed by atoms with Crippen molar-refractivity contribution in [1.29, 1.82) is 0 Å². The van der Waals surface area contributed by atoms with Gasteiger partial charge in [-0.15, -0.1) is 0 Å². The van der Waals surface area contributed by atoms with E-state index in [2.05, 4.69) is 5.32 Å². The number of rotatable bonds is 4. The number of halogens is 3. The van der Waals surface area contributed by atoms with Crippen LogP contribution in [0.2, 0.25) is 0 Å². The van der Waals surface area contributed by atoms with Gasteiger partial charge in [-0.05, 0) is 12.0 Å². The van der Waals surface area contributed by atoms with E-state index in [1.165, 1.54) is 0 Å². The summed E-state index contributed by atoms with van der Waals surface area (Å²) in [5.74, 6) is -1.80. The van der Waals surface area contributed by atoms with Crippen LogP contribution in [0, 0.1) is 0 Å². The maximum absolute atomic E-state index is 12.9. The number of morpholine rings is 1. The van der Waals surface area contributed by atoms with Crippen LogP contribution in [0.25, 0.3) is 0 Å². The highest BCUT2D eigenvalue weighted by Crippen LogP contribution is 2.45. The van der Waals surface area contributed by atoms with E-state index in [4.69, 9.17) is 4.74 Å². The van der Waals surface area contributed by atoms with E-state index in [1.807, 2.05) is 30.3 Å². The molecule has 1 aliphatic carbocycles. The number of carbonyl (C=O) groups is 1. The molecule has 3 atom stereocenters. The predicted octanol–water partition coefficient (Wildman–Crippen LogP) is 1.92. The fourth-order valence-corrected chi connectivity index (χ4v) is 3.07. The van der Waals surface area contributed by atoms with Crippen molar-refractivity contribution in [3.05, 3.63) is 35.9 Å². The van der Waals surface area contributed by atoms with Gasteiger partial charge in [0.25, 0.3) is 0 Å². The maximum atomic E-state index is 12.9. The molecule has 3 rings (SSSR count). The molecule has 4 nitrogen and oxygen atoms in total. The van der Waals surface area contributed by atoms with Crippen LogP contribution >= 0.6 is 0 Å². The lowest BCUT2D eigenvalue weighted by atomic mass is 10.1.